The molecule has 1 N–H and O–H groups in total. The van der Waals surface area contributed by atoms with Crippen LogP contribution in [0.1, 0.15) is 15.9 Å². The number of halogens is 1. The first-order valence-corrected chi connectivity index (χ1v) is 10.7. The molecule has 0 saturated carbocycles. The quantitative estimate of drug-likeness (QED) is 0.554. The van der Waals surface area contributed by atoms with E-state index >= 15 is 0 Å². The molecule has 158 valence electrons. The fraction of sp³-hybridized carbons (Fsp3) is 0.238. The van der Waals surface area contributed by atoms with Crippen molar-refractivity contribution < 1.29 is 14.3 Å². The van der Waals surface area contributed by atoms with Crippen LogP contribution in [0.2, 0.25) is 5.02 Å². The molecule has 0 radical (unpaired) electrons. The number of hydrogen-bond acceptors (Lipinski definition) is 7. The smallest absolute Gasteiger partial charge is 0.296 e. The number of ether oxygens (including phenoxy) is 2. The first kappa shape index (κ1) is 21.1. The van der Waals surface area contributed by atoms with Gasteiger partial charge in [-0.15, -0.1) is 5.10 Å². The van der Waals surface area contributed by atoms with Crippen molar-refractivity contribution in [3.05, 3.63) is 70.0 Å². The van der Waals surface area contributed by atoms with Gasteiger partial charge in [-0.3, -0.25) is 10.1 Å². The zero-order valence-corrected chi connectivity index (χ0v) is 17.9. The summed E-state index contributed by atoms with van der Waals surface area (Å²) < 4.78 is 11.0. The van der Waals surface area contributed by atoms with Crippen molar-refractivity contribution in [2.45, 2.75) is 6.61 Å². The van der Waals surface area contributed by atoms with Crippen LogP contribution < -0.4 is 15.0 Å². The molecule has 1 aliphatic rings. The lowest BCUT2D eigenvalue weighted by Crippen LogP contribution is -2.37. The Hall–Kier alpha value is -3.19. The highest BCUT2D eigenvalue weighted by Crippen LogP contribution is 2.29. The molecule has 1 saturated heterocycles. The summed E-state index contributed by atoms with van der Waals surface area (Å²) in [5.41, 5.74) is 2.60. The number of nitrogens with one attached hydrogen (secondary N) is 1. The first-order valence-electron chi connectivity index (χ1n) is 9.48. The largest absolute Gasteiger partial charge is 0.464 e. The summed E-state index contributed by atoms with van der Waals surface area (Å²) in [6.45, 7) is 10.1. The average molecular weight is 456 g/mol. The van der Waals surface area contributed by atoms with E-state index in [1.807, 2.05) is 17.0 Å². The Morgan fingerprint density at radius 2 is 2.00 bits per heavy atom. The molecule has 8 nitrogen and oxygen atoms in total. The van der Waals surface area contributed by atoms with Gasteiger partial charge in [-0.25, -0.2) is 4.85 Å². The molecular weight excluding hydrogens is 438 g/mol. The van der Waals surface area contributed by atoms with Crippen LogP contribution in [0.4, 0.5) is 16.5 Å². The second kappa shape index (κ2) is 9.75. The number of morpholine rings is 1. The van der Waals surface area contributed by atoms with Crippen molar-refractivity contribution >= 4 is 45.4 Å². The van der Waals surface area contributed by atoms with Gasteiger partial charge < -0.3 is 14.4 Å². The number of carbonyl (C=O) groups is 1. The van der Waals surface area contributed by atoms with Crippen LogP contribution in [-0.2, 0) is 11.3 Å². The van der Waals surface area contributed by atoms with Gasteiger partial charge in [0.05, 0.1) is 25.3 Å². The number of benzene rings is 2. The van der Waals surface area contributed by atoms with E-state index in [-0.39, 0.29) is 5.91 Å². The van der Waals surface area contributed by atoms with Gasteiger partial charge in [0.2, 0.25) is 5.13 Å². The number of hydrogen-bond donors (Lipinski definition) is 1. The standard InChI is InChI=1S/C21H18ClN5O3S/c1-23-16-6-7-17(18(12-16)27-8-10-29-11-9-27)19(28)24-20-25-26-21(31-20)30-13-14-2-4-15(22)5-3-14/h2-7,12H,8-11,13H2,(H,24,25,28). The van der Waals surface area contributed by atoms with Crippen molar-refractivity contribution in [3.63, 3.8) is 0 Å². The second-order valence-corrected chi connectivity index (χ2v) is 8.03. The maximum atomic E-state index is 12.9. The van der Waals surface area contributed by atoms with Gasteiger partial charge in [-0.05, 0) is 35.1 Å². The van der Waals surface area contributed by atoms with Gasteiger partial charge in [0.1, 0.15) is 6.61 Å². The molecule has 2 heterocycles. The number of carbonyl (C=O) groups excluding carboxylic acids is 1. The summed E-state index contributed by atoms with van der Waals surface area (Å²) in [4.78, 5) is 18.5. The van der Waals surface area contributed by atoms with E-state index < -0.39 is 0 Å². The molecule has 1 aromatic heterocycles. The number of aromatic nitrogens is 2. The number of anilines is 2. The SMILES string of the molecule is [C-]#[N+]c1ccc(C(=O)Nc2nnc(OCc3ccc(Cl)cc3)s2)c(N2CCOCC2)c1. The summed E-state index contributed by atoms with van der Waals surface area (Å²) >= 11 is 7.03. The lowest BCUT2D eigenvalue weighted by molar-refractivity contribution is 0.102. The third-order valence-corrected chi connectivity index (χ3v) is 5.61. The lowest BCUT2D eigenvalue weighted by Gasteiger charge is -2.30. The molecule has 0 atom stereocenters. The number of nitrogens with zero attached hydrogens (tertiary/aromatic N) is 4. The zero-order valence-electron chi connectivity index (χ0n) is 16.4. The fourth-order valence-electron chi connectivity index (χ4n) is 3.06. The molecule has 4 rings (SSSR count). The van der Waals surface area contributed by atoms with Crippen molar-refractivity contribution in [1.82, 2.24) is 10.2 Å². The lowest BCUT2D eigenvalue weighted by atomic mass is 10.1. The summed E-state index contributed by atoms with van der Waals surface area (Å²) in [5, 5.41) is 12.1. The Bertz CT molecular complexity index is 1110. The molecule has 1 aliphatic heterocycles. The van der Waals surface area contributed by atoms with Crippen LogP contribution in [0.3, 0.4) is 0 Å². The van der Waals surface area contributed by atoms with Crippen molar-refractivity contribution in [2.24, 2.45) is 0 Å². The highest BCUT2D eigenvalue weighted by molar-refractivity contribution is 7.17. The fourth-order valence-corrected chi connectivity index (χ4v) is 3.77. The van der Waals surface area contributed by atoms with Gasteiger partial charge in [-0.1, -0.05) is 41.0 Å². The molecule has 1 fully saturated rings. The topological polar surface area (TPSA) is 80.9 Å². The van der Waals surface area contributed by atoms with E-state index in [1.165, 1.54) is 0 Å². The minimum absolute atomic E-state index is 0.318. The summed E-state index contributed by atoms with van der Waals surface area (Å²) in [6, 6.07) is 12.3. The monoisotopic (exact) mass is 455 g/mol. The van der Waals surface area contributed by atoms with E-state index in [0.717, 1.165) is 16.9 Å². The number of rotatable bonds is 6. The Balaban J connectivity index is 1.45. The first-order chi connectivity index (χ1) is 15.1. The molecular formula is C21H18ClN5O3S. The van der Waals surface area contributed by atoms with Crippen LogP contribution in [-0.4, -0.2) is 42.4 Å². The van der Waals surface area contributed by atoms with Crippen molar-refractivity contribution in [2.75, 3.05) is 36.5 Å². The Kier molecular flexibility index (Phi) is 6.62. The third-order valence-electron chi connectivity index (χ3n) is 4.61. The van der Waals surface area contributed by atoms with E-state index in [9.17, 15) is 4.79 Å². The molecule has 0 unspecified atom stereocenters. The van der Waals surface area contributed by atoms with E-state index in [2.05, 4.69) is 20.4 Å². The zero-order chi connectivity index (χ0) is 21.6. The Labute approximate surface area is 188 Å². The predicted molar refractivity (Wildman–Crippen MR) is 119 cm³/mol. The molecule has 31 heavy (non-hydrogen) atoms. The minimum Gasteiger partial charge on any atom is -0.464 e. The normalized spacial score (nSPS) is 13.5. The van der Waals surface area contributed by atoms with Gasteiger partial charge in [0.25, 0.3) is 11.1 Å². The summed E-state index contributed by atoms with van der Waals surface area (Å²) in [5.74, 6) is -0.321. The van der Waals surface area contributed by atoms with Gasteiger partial charge in [-0.2, -0.15) is 0 Å². The Morgan fingerprint density at radius 3 is 2.74 bits per heavy atom. The predicted octanol–water partition coefficient (Wildman–Crippen LogP) is 4.41. The highest BCUT2D eigenvalue weighted by Gasteiger charge is 2.20. The third kappa shape index (κ3) is 5.30. The molecule has 10 heteroatoms. The van der Waals surface area contributed by atoms with Gasteiger partial charge in [0, 0.05) is 23.8 Å². The second-order valence-electron chi connectivity index (χ2n) is 6.66. The average Bonchev–Trinajstić information content (AvgIpc) is 3.26. The molecule has 2 aromatic carbocycles. The summed E-state index contributed by atoms with van der Waals surface area (Å²) in [7, 11) is 0. The van der Waals surface area contributed by atoms with Crippen molar-refractivity contribution in [1.29, 1.82) is 0 Å². The number of amides is 1. The van der Waals surface area contributed by atoms with Crippen LogP contribution in [0.15, 0.2) is 42.5 Å². The van der Waals surface area contributed by atoms with Crippen LogP contribution in [0.25, 0.3) is 4.85 Å². The molecule has 0 spiro atoms. The minimum atomic E-state index is -0.321. The van der Waals surface area contributed by atoms with Crippen molar-refractivity contribution in [3.8, 4) is 5.19 Å². The molecule has 0 aliphatic carbocycles. The van der Waals surface area contributed by atoms with E-state index in [0.29, 0.717) is 65.2 Å². The highest BCUT2D eigenvalue weighted by atomic mass is 35.5. The summed E-state index contributed by atoms with van der Waals surface area (Å²) in [6.07, 6.45) is 0. The van der Waals surface area contributed by atoms with Crippen LogP contribution >= 0.6 is 22.9 Å². The van der Waals surface area contributed by atoms with Crippen LogP contribution in [0, 0.1) is 6.57 Å². The van der Waals surface area contributed by atoms with Crippen LogP contribution in [0.5, 0.6) is 5.19 Å². The maximum absolute atomic E-state index is 12.9. The van der Waals surface area contributed by atoms with E-state index in [1.54, 1.807) is 30.3 Å². The van der Waals surface area contributed by atoms with Gasteiger partial charge in [0.15, 0.2) is 5.69 Å². The van der Waals surface area contributed by atoms with Gasteiger partial charge >= 0.3 is 0 Å². The molecule has 3 aromatic rings. The van der Waals surface area contributed by atoms with E-state index in [4.69, 9.17) is 27.6 Å². The Morgan fingerprint density at radius 1 is 1.23 bits per heavy atom. The maximum Gasteiger partial charge on any atom is 0.296 e. The molecule has 1 amide bonds. The molecule has 0 bridgehead atoms.